The van der Waals surface area contributed by atoms with Crippen LogP contribution in [0.2, 0.25) is 0 Å². The number of nitrogens with one attached hydrogen (secondary N) is 1. The summed E-state index contributed by atoms with van der Waals surface area (Å²) in [6.45, 7) is -0.465. The number of nitrogens with zero attached hydrogens (tertiary/aromatic N) is 2. The van der Waals surface area contributed by atoms with Crippen molar-refractivity contribution in [2.75, 3.05) is 13.2 Å². The zero-order chi connectivity index (χ0) is 23.5. The van der Waals surface area contributed by atoms with Crippen LogP contribution in [0.15, 0.2) is 65.6 Å². The summed E-state index contributed by atoms with van der Waals surface area (Å²) in [4.78, 5) is 30.1. The van der Waals surface area contributed by atoms with Crippen molar-refractivity contribution in [1.82, 2.24) is 14.9 Å². The molecule has 0 aliphatic rings. The van der Waals surface area contributed by atoms with Crippen molar-refractivity contribution in [3.8, 4) is 11.4 Å². The topological polar surface area (TPSA) is 104 Å². The summed E-state index contributed by atoms with van der Waals surface area (Å²) in [7, 11) is 0. The molecule has 7 nitrogen and oxygen atoms in total. The monoisotopic (exact) mass is 451 g/mol. The molecule has 0 fully saturated rings. The first kappa shape index (κ1) is 22.1. The minimum atomic E-state index is -0.874. The second-order valence-corrected chi connectivity index (χ2v) is 7.33. The van der Waals surface area contributed by atoms with E-state index in [4.69, 9.17) is 5.11 Å². The highest BCUT2D eigenvalue weighted by molar-refractivity contribution is 6.01. The van der Waals surface area contributed by atoms with Crippen LogP contribution in [0.1, 0.15) is 21.5 Å². The number of halogens is 2. The molecule has 0 atom stereocenters. The average molecular weight is 451 g/mol. The lowest BCUT2D eigenvalue weighted by molar-refractivity contribution is 0.0940. The highest BCUT2D eigenvalue weighted by Gasteiger charge is 2.24. The Hall–Kier alpha value is -4.11. The number of aromatic hydroxyl groups is 1. The second-order valence-electron chi connectivity index (χ2n) is 7.33. The zero-order valence-corrected chi connectivity index (χ0v) is 17.3. The Morgan fingerprint density at radius 3 is 2.27 bits per heavy atom. The van der Waals surface area contributed by atoms with E-state index in [9.17, 15) is 23.5 Å². The number of amides is 1. The SMILES string of the molecule is O=C(NCCO)c1c(O)c2ncc(Cc3ccc(F)cc3)cc2n(-c2ccc(F)cc2)c1=O. The molecule has 1 amide bonds. The van der Waals surface area contributed by atoms with Crippen LogP contribution in [0.4, 0.5) is 8.78 Å². The van der Waals surface area contributed by atoms with Gasteiger partial charge in [0, 0.05) is 18.4 Å². The second kappa shape index (κ2) is 9.17. The number of hydrogen-bond donors (Lipinski definition) is 3. The highest BCUT2D eigenvalue weighted by Crippen LogP contribution is 2.28. The number of benzene rings is 2. The van der Waals surface area contributed by atoms with Crippen molar-refractivity contribution >= 4 is 16.9 Å². The summed E-state index contributed by atoms with van der Waals surface area (Å²) < 4.78 is 27.9. The molecule has 0 radical (unpaired) electrons. The molecule has 0 spiro atoms. The first-order valence-corrected chi connectivity index (χ1v) is 10.0. The molecule has 0 unspecified atom stereocenters. The number of aliphatic hydroxyl groups is 1. The van der Waals surface area contributed by atoms with Crippen LogP contribution in [0.25, 0.3) is 16.7 Å². The van der Waals surface area contributed by atoms with Crippen molar-refractivity contribution in [3.05, 3.63) is 99.5 Å². The molecule has 4 rings (SSSR count). The maximum atomic E-state index is 13.5. The van der Waals surface area contributed by atoms with Gasteiger partial charge in [-0.25, -0.2) is 8.78 Å². The molecule has 0 saturated heterocycles. The summed E-state index contributed by atoms with van der Waals surface area (Å²) >= 11 is 0. The number of aromatic nitrogens is 2. The summed E-state index contributed by atoms with van der Waals surface area (Å²) in [6, 6.07) is 12.6. The normalized spacial score (nSPS) is 11.0. The third kappa shape index (κ3) is 4.44. The van der Waals surface area contributed by atoms with Crippen molar-refractivity contribution in [2.24, 2.45) is 0 Å². The van der Waals surface area contributed by atoms with Gasteiger partial charge in [0.1, 0.15) is 22.7 Å². The fourth-order valence-corrected chi connectivity index (χ4v) is 3.53. The largest absolute Gasteiger partial charge is 0.505 e. The molecule has 2 aromatic heterocycles. The van der Waals surface area contributed by atoms with Crippen molar-refractivity contribution < 1.29 is 23.8 Å². The predicted octanol–water partition coefficient (Wildman–Crippen LogP) is 2.68. The van der Waals surface area contributed by atoms with Crippen LogP contribution in [-0.4, -0.2) is 38.8 Å². The van der Waals surface area contributed by atoms with Gasteiger partial charge in [0.15, 0.2) is 5.75 Å². The Kier molecular flexibility index (Phi) is 6.14. The van der Waals surface area contributed by atoms with Crippen molar-refractivity contribution in [3.63, 3.8) is 0 Å². The number of pyridine rings is 2. The number of rotatable bonds is 6. The van der Waals surface area contributed by atoms with Gasteiger partial charge >= 0.3 is 0 Å². The molecule has 9 heteroatoms. The van der Waals surface area contributed by atoms with Gasteiger partial charge < -0.3 is 15.5 Å². The van der Waals surface area contributed by atoms with E-state index in [0.29, 0.717) is 12.0 Å². The van der Waals surface area contributed by atoms with Gasteiger partial charge in [-0.05, 0) is 60.0 Å². The van der Waals surface area contributed by atoms with Gasteiger partial charge in [0.25, 0.3) is 11.5 Å². The minimum Gasteiger partial charge on any atom is -0.505 e. The molecule has 4 aromatic rings. The van der Waals surface area contributed by atoms with Gasteiger partial charge in [0.2, 0.25) is 0 Å². The van der Waals surface area contributed by atoms with E-state index in [1.165, 1.54) is 47.2 Å². The molecule has 3 N–H and O–H groups in total. The number of carbonyl (C=O) groups is 1. The smallest absolute Gasteiger partial charge is 0.272 e. The van der Waals surface area contributed by atoms with Crippen LogP contribution in [0.3, 0.4) is 0 Å². The lowest BCUT2D eigenvalue weighted by Crippen LogP contribution is -2.34. The Labute approximate surface area is 186 Å². The quantitative estimate of drug-likeness (QED) is 0.418. The van der Waals surface area contributed by atoms with E-state index in [1.807, 2.05) is 0 Å². The molecule has 2 heterocycles. The Bertz CT molecular complexity index is 1380. The molecular formula is C24H19F2N3O4. The Morgan fingerprint density at radius 1 is 1.00 bits per heavy atom. The van der Waals surface area contributed by atoms with Crippen LogP contribution in [-0.2, 0) is 6.42 Å². The van der Waals surface area contributed by atoms with Crippen molar-refractivity contribution in [1.29, 1.82) is 0 Å². The highest BCUT2D eigenvalue weighted by atomic mass is 19.1. The zero-order valence-electron chi connectivity index (χ0n) is 17.3. The van der Waals surface area contributed by atoms with Gasteiger partial charge in [-0.1, -0.05) is 12.1 Å². The third-order valence-corrected chi connectivity index (χ3v) is 5.07. The lowest BCUT2D eigenvalue weighted by Gasteiger charge is -2.15. The van der Waals surface area contributed by atoms with Crippen LogP contribution in [0.5, 0.6) is 5.75 Å². The Morgan fingerprint density at radius 2 is 1.64 bits per heavy atom. The fraction of sp³-hybridized carbons (Fsp3) is 0.125. The molecule has 0 bridgehead atoms. The number of fused-ring (bicyclic) bond motifs is 1. The first-order chi connectivity index (χ1) is 15.9. The van der Waals surface area contributed by atoms with Crippen LogP contribution >= 0.6 is 0 Å². The summed E-state index contributed by atoms with van der Waals surface area (Å²) in [6.07, 6.45) is 1.86. The van der Waals surface area contributed by atoms with Crippen molar-refractivity contribution in [2.45, 2.75) is 6.42 Å². The predicted molar refractivity (Wildman–Crippen MR) is 118 cm³/mol. The maximum Gasteiger partial charge on any atom is 0.272 e. The molecule has 168 valence electrons. The van der Waals surface area contributed by atoms with Gasteiger partial charge in [-0.2, -0.15) is 0 Å². The summed E-state index contributed by atoms with van der Waals surface area (Å²) in [5.41, 5.74) is 0.572. The maximum absolute atomic E-state index is 13.5. The van der Waals surface area contributed by atoms with E-state index in [2.05, 4.69) is 10.3 Å². The molecule has 0 aliphatic carbocycles. The molecule has 0 aliphatic heterocycles. The van der Waals surface area contributed by atoms with Crippen LogP contribution < -0.4 is 10.9 Å². The van der Waals surface area contributed by atoms with E-state index in [0.717, 1.165) is 5.56 Å². The third-order valence-electron chi connectivity index (χ3n) is 5.07. The van der Waals surface area contributed by atoms with Gasteiger partial charge in [-0.15, -0.1) is 0 Å². The molecule has 0 saturated carbocycles. The molecule has 2 aromatic carbocycles. The number of carbonyl (C=O) groups excluding carboxylic acids is 1. The van der Waals surface area contributed by atoms with E-state index in [1.54, 1.807) is 18.2 Å². The molecule has 33 heavy (non-hydrogen) atoms. The summed E-state index contributed by atoms with van der Waals surface area (Å²) in [5, 5.41) is 22.0. The van der Waals surface area contributed by atoms with E-state index in [-0.39, 0.29) is 35.7 Å². The Balaban J connectivity index is 1.93. The number of aliphatic hydroxyl groups excluding tert-OH is 1. The lowest BCUT2D eigenvalue weighted by atomic mass is 10.0. The standard InChI is InChI=1S/C24H19F2N3O4/c25-16-3-1-14(2-4-16)11-15-12-19-21(28-13-15)22(31)20(23(32)27-9-10-30)24(33)29(19)18-7-5-17(26)6-8-18/h1-8,12-13,30-31H,9-11H2,(H,27,32). The van der Waals surface area contributed by atoms with Crippen LogP contribution in [0, 0.1) is 11.6 Å². The average Bonchev–Trinajstić information content (AvgIpc) is 2.80. The minimum absolute atomic E-state index is 0.00377. The van der Waals surface area contributed by atoms with E-state index >= 15 is 0 Å². The fourth-order valence-electron chi connectivity index (χ4n) is 3.53. The van der Waals surface area contributed by atoms with Gasteiger partial charge in [-0.3, -0.25) is 19.1 Å². The summed E-state index contributed by atoms with van der Waals surface area (Å²) in [5.74, 6) is -2.35. The molecular weight excluding hydrogens is 432 g/mol. The van der Waals surface area contributed by atoms with E-state index < -0.39 is 28.6 Å². The van der Waals surface area contributed by atoms with Gasteiger partial charge in [0.05, 0.1) is 12.1 Å². The number of hydrogen-bond acceptors (Lipinski definition) is 5. The first-order valence-electron chi connectivity index (χ1n) is 10.0.